The van der Waals surface area contributed by atoms with Gasteiger partial charge in [0.2, 0.25) is 0 Å². The molecule has 0 spiro atoms. The van der Waals surface area contributed by atoms with E-state index >= 15 is 0 Å². The minimum atomic E-state index is -0.732. The van der Waals surface area contributed by atoms with Gasteiger partial charge in [-0.15, -0.1) is 11.3 Å². The highest BCUT2D eigenvalue weighted by Gasteiger charge is 2.44. The van der Waals surface area contributed by atoms with Crippen molar-refractivity contribution >= 4 is 23.2 Å². The van der Waals surface area contributed by atoms with Gasteiger partial charge in [0.25, 0.3) is 5.91 Å². The molecule has 1 N–H and O–H groups in total. The lowest BCUT2D eigenvalue weighted by Crippen LogP contribution is -2.47. The highest BCUT2D eigenvalue weighted by Crippen LogP contribution is 2.40. The summed E-state index contributed by atoms with van der Waals surface area (Å²) in [6.07, 6.45) is 3.85. The molecule has 3 rings (SSSR count). The van der Waals surface area contributed by atoms with Crippen LogP contribution in [0, 0.1) is 12.8 Å². The summed E-state index contributed by atoms with van der Waals surface area (Å²) in [4.78, 5) is 29.7. The fourth-order valence-corrected chi connectivity index (χ4v) is 4.22. The molecule has 1 aromatic heterocycles. The molecule has 6 heteroatoms. The molecule has 5 nitrogen and oxygen atoms in total. The van der Waals surface area contributed by atoms with Gasteiger partial charge in [-0.1, -0.05) is 0 Å². The van der Waals surface area contributed by atoms with Gasteiger partial charge in [-0.3, -0.25) is 9.59 Å². The van der Waals surface area contributed by atoms with Gasteiger partial charge >= 0.3 is 5.97 Å². The summed E-state index contributed by atoms with van der Waals surface area (Å²) in [7, 11) is 0. The Labute approximate surface area is 121 Å². The number of carbonyl (C=O) groups is 2. The van der Waals surface area contributed by atoms with Crippen molar-refractivity contribution in [2.24, 2.45) is 5.92 Å². The highest BCUT2D eigenvalue weighted by molar-refractivity contribution is 7.09. The molecule has 1 amide bonds. The summed E-state index contributed by atoms with van der Waals surface area (Å²) in [6, 6.07) is 0.403. The molecular weight excluding hydrogens is 276 g/mol. The predicted molar refractivity (Wildman–Crippen MR) is 74.8 cm³/mol. The zero-order valence-corrected chi connectivity index (χ0v) is 12.2. The molecule has 0 saturated carbocycles. The first kappa shape index (κ1) is 13.5. The molecule has 2 atom stereocenters. The average molecular weight is 294 g/mol. The van der Waals surface area contributed by atoms with Gasteiger partial charge in [0.1, 0.15) is 5.69 Å². The molecular formula is C14H18N2O3S. The minimum Gasteiger partial charge on any atom is -0.481 e. The molecule has 2 aliphatic heterocycles. The molecule has 1 aromatic rings. The van der Waals surface area contributed by atoms with Gasteiger partial charge < -0.3 is 10.0 Å². The highest BCUT2D eigenvalue weighted by atomic mass is 32.1. The summed E-state index contributed by atoms with van der Waals surface area (Å²) in [6.45, 7) is 1.90. The summed E-state index contributed by atoms with van der Waals surface area (Å²) in [5, 5.41) is 11.6. The number of thiazole rings is 1. The number of rotatable bonds is 3. The number of amides is 1. The Bertz CT molecular complexity index is 528. The van der Waals surface area contributed by atoms with Crippen molar-refractivity contribution in [3.63, 3.8) is 0 Å². The second-order valence-electron chi connectivity index (χ2n) is 5.78. The van der Waals surface area contributed by atoms with Crippen LogP contribution in [0.15, 0.2) is 5.38 Å². The van der Waals surface area contributed by atoms with Crippen molar-refractivity contribution in [2.75, 3.05) is 0 Å². The lowest BCUT2D eigenvalue weighted by Gasteiger charge is -2.38. The summed E-state index contributed by atoms with van der Waals surface area (Å²) in [5.41, 5.74) is 0.543. The molecule has 0 aromatic carbocycles. The first-order chi connectivity index (χ1) is 9.54. The number of aliphatic carboxylic acids is 1. The lowest BCUT2D eigenvalue weighted by atomic mass is 9.88. The zero-order chi connectivity index (χ0) is 14.3. The van der Waals surface area contributed by atoms with Crippen molar-refractivity contribution in [1.82, 2.24) is 9.88 Å². The van der Waals surface area contributed by atoms with Gasteiger partial charge in [0, 0.05) is 23.9 Å². The van der Waals surface area contributed by atoms with Gasteiger partial charge in [0.05, 0.1) is 5.01 Å². The number of nitrogens with zero attached hydrogens (tertiary/aromatic N) is 2. The van der Waals surface area contributed by atoms with E-state index in [1.54, 1.807) is 0 Å². The quantitative estimate of drug-likeness (QED) is 0.928. The van der Waals surface area contributed by atoms with Crippen LogP contribution in [0.5, 0.6) is 0 Å². The molecule has 108 valence electrons. The smallest absolute Gasteiger partial charge is 0.303 e. The Hall–Kier alpha value is -1.43. The topological polar surface area (TPSA) is 70.5 Å². The van der Waals surface area contributed by atoms with E-state index in [0.29, 0.717) is 5.69 Å². The van der Waals surface area contributed by atoms with E-state index in [0.717, 1.165) is 30.7 Å². The van der Waals surface area contributed by atoms with Gasteiger partial charge in [-0.2, -0.15) is 0 Å². The number of carboxylic acids is 1. The van der Waals surface area contributed by atoms with E-state index in [9.17, 15) is 9.59 Å². The maximum absolute atomic E-state index is 12.6. The monoisotopic (exact) mass is 294 g/mol. The van der Waals surface area contributed by atoms with Crippen LogP contribution in [-0.2, 0) is 4.79 Å². The molecule has 2 aliphatic rings. The second kappa shape index (κ2) is 5.16. The third kappa shape index (κ3) is 2.44. The van der Waals surface area contributed by atoms with Gasteiger partial charge in [-0.25, -0.2) is 4.98 Å². The van der Waals surface area contributed by atoms with E-state index in [2.05, 4.69) is 4.98 Å². The maximum Gasteiger partial charge on any atom is 0.303 e. The standard InChI is InChI=1S/C14H18N2O3S/c1-8-15-12(7-20-8)14(19)16-10-2-3-11(16)5-9(4-10)6-13(17)18/h7,9-11H,2-6H2,1H3,(H,17,18). The fraction of sp³-hybridized carbons (Fsp3) is 0.643. The summed E-state index contributed by atoms with van der Waals surface area (Å²) in [5.74, 6) is -0.494. The fourth-order valence-electron chi connectivity index (χ4n) is 3.63. The Morgan fingerprint density at radius 3 is 2.55 bits per heavy atom. The number of aryl methyl sites for hydroxylation is 1. The van der Waals surface area contributed by atoms with Crippen LogP contribution in [0.1, 0.15) is 47.6 Å². The Morgan fingerprint density at radius 2 is 2.05 bits per heavy atom. The van der Waals surface area contributed by atoms with Crippen molar-refractivity contribution in [2.45, 2.75) is 51.1 Å². The van der Waals surface area contributed by atoms with Crippen LogP contribution in [0.4, 0.5) is 0 Å². The number of piperidine rings is 1. The van der Waals surface area contributed by atoms with Gasteiger partial charge in [0.15, 0.2) is 0 Å². The van der Waals surface area contributed by atoms with Gasteiger partial charge in [-0.05, 0) is 38.5 Å². The number of fused-ring (bicyclic) bond motifs is 2. The molecule has 0 aliphatic carbocycles. The summed E-state index contributed by atoms with van der Waals surface area (Å²) < 4.78 is 0. The first-order valence-electron chi connectivity index (χ1n) is 7.01. The molecule has 20 heavy (non-hydrogen) atoms. The van der Waals surface area contributed by atoms with E-state index in [1.165, 1.54) is 11.3 Å². The third-order valence-corrected chi connectivity index (χ3v) is 5.14. The maximum atomic E-state index is 12.6. The second-order valence-corrected chi connectivity index (χ2v) is 6.85. The molecule has 2 bridgehead atoms. The number of aromatic nitrogens is 1. The van der Waals surface area contributed by atoms with E-state index in [1.807, 2.05) is 17.2 Å². The van der Waals surface area contributed by atoms with Crippen molar-refractivity contribution in [3.05, 3.63) is 16.1 Å². The van der Waals surface area contributed by atoms with Crippen molar-refractivity contribution in [1.29, 1.82) is 0 Å². The van der Waals surface area contributed by atoms with Crippen LogP contribution in [0.25, 0.3) is 0 Å². The number of carboxylic acid groups (broad SMARTS) is 1. The minimum absolute atomic E-state index is 0.0237. The molecule has 2 saturated heterocycles. The Balaban J connectivity index is 1.74. The van der Waals surface area contributed by atoms with Crippen LogP contribution in [-0.4, -0.2) is 39.0 Å². The van der Waals surface area contributed by atoms with E-state index in [4.69, 9.17) is 5.11 Å². The van der Waals surface area contributed by atoms with Crippen LogP contribution >= 0.6 is 11.3 Å². The number of hydrogen-bond acceptors (Lipinski definition) is 4. The third-order valence-electron chi connectivity index (χ3n) is 4.37. The first-order valence-corrected chi connectivity index (χ1v) is 7.89. The van der Waals surface area contributed by atoms with Crippen molar-refractivity contribution < 1.29 is 14.7 Å². The SMILES string of the molecule is Cc1nc(C(=O)N2C3CCC2CC(CC(=O)O)C3)cs1. The molecule has 0 radical (unpaired) electrons. The Morgan fingerprint density at radius 1 is 1.40 bits per heavy atom. The van der Waals surface area contributed by atoms with E-state index < -0.39 is 5.97 Å². The predicted octanol–water partition coefficient (Wildman–Crippen LogP) is 2.31. The molecule has 3 heterocycles. The number of hydrogen-bond donors (Lipinski definition) is 1. The van der Waals surface area contributed by atoms with Crippen LogP contribution in [0.3, 0.4) is 0 Å². The number of carbonyl (C=O) groups excluding carboxylic acids is 1. The largest absolute Gasteiger partial charge is 0.481 e. The summed E-state index contributed by atoms with van der Waals surface area (Å²) >= 11 is 1.49. The van der Waals surface area contributed by atoms with E-state index in [-0.39, 0.29) is 30.3 Å². The normalized spacial score (nSPS) is 28.6. The van der Waals surface area contributed by atoms with Crippen LogP contribution in [0.2, 0.25) is 0 Å². The molecule has 2 unspecified atom stereocenters. The lowest BCUT2D eigenvalue weighted by molar-refractivity contribution is -0.138. The van der Waals surface area contributed by atoms with Crippen molar-refractivity contribution in [3.8, 4) is 0 Å². The zero-order valence-electron chi connectivity index (χ0n) is 11.4. The van der Waals surface area contributed by atoms with Crippen LogP contribution < -0.4 is 0 Å². The average Bonchev–Trinajstić information content (AvgIpc) is 2.91. The Kier molecular flexibility index (Phi) is 3.50. The molecule has 2 fully saturated rings.